The van der Waals surface area contributed by atoms with E-state index in [9.17, 15) is 4.79 Å². The van der Waals surface area contributed by atoms with Crippen molar-refractivity contribution in [2.75, 3.05) is 39.4 Å². The van der Waals surface area contributed by atoms with E-state index < -0.39 is 0 Å². The monoisotopic (exact) mass is 368 g/mol. The number of hydrogen-bond acceptors (Lipinski definition) is 5. The second-order valence-electron chi connectivity index (χ2n) is 6.88. The number of aryl methyl sites for hydroxylation is 2. The van der Waals surface area contributed by atoms with Crippen molar-refractivity contribution in [1.29, 1.82) is 0 Å². The molecule has 0 bridgehead atoms. The van der Waals surface area contributed by atoms with Crippen LogP contribution < -0.4 is 5.32 Å². The first-order valence-corrected chi connectivity index (χ1v) is 9.18. The Morgan fingerprint density at radius 1 is 1.30 bits per heavy atom. The lowest BCUT2D eigenvalue weighted by Crippen LogP contribution is -2.41. The van der Waals surface area contributed by atoms with E-state index in [0.29, 0.717) is 12.2 Å². The van der Waals surface area contributed by atoms with Gasteiger partial charge in [-0.3, -0.25) is 14.4 Å². The molecule has 4 heterocycles. The van der Waals surface area contributed by atoms with Crippen LogP contribution in [0.25, 0.3) is 22.4 Å². The summed E-state index contributed by atoms with van der Waals surface area (Å²) in [5.41, 5.74) is 4.10. The number of nitrogens with zero attached hydrogens (tertiary/aromatic N) is 4. The number of morpholine rings is 1. The van der Waals surface area contributed by atoms with Gasteiger partial charge < -0.3 is 15.0 Å². The quantitative estimate of drug-likeness (QED) is 0.709. The number of nitrogens with one attached hydrogen (secondary N) is 2. The second-order valence-corrected chi connectivity index (χ2v) is 6.88. The second kappa shape index (κ2) is 7.50. The number of hydrogen-bond donors (Lipinski definition) is 2. The van der Waals surface area contributed by atoms with Gasteiger partial charge in [0, 0.05) is 44.8 Å². The van der Waals surface area contributed by atoms with E-state index in [1.54, 1.807) is 4.68 Å². The van der Waals surface area contributed by atoms with Crippen LogP contribution in [0.15, 0.2) is 24.4 Å². The molecule has 0 radical (unpaired) electrons. The molecule has 1 aliphatic heterocycles. The largest absolute Gasteiger partial charge is 0.379 e. The van der Waals surface area contributed by atoms with Gasteiger partial charge in [-0.2, -0.15) is 5.10 Å². The van der Waals surface area contributed by atoms with E-state index in [-0.39, 0.29) is 5.91 Å². The molecule has 8 heteroatoms. The highest BCUT2D eigenvalue weighted by Crippen LogP contribution is 2.24. The number of pyridine rings is 1. The van der Waals surface area contributed by atoms with E-state index in [4.69, 9.17) is 4.74 Å². The molecule has 8 nitrogen and oxygen atoms in total. The van der Waals surface area contributed by atoms with E-state index in [1.165, 1.54) is 0 Å². The van der Waals surface area contributed by atoms with Crippen LogP contribution in [0.3, 0.4) is 0 Å². The molecule has 0 aromatic carbocycles. The lowest BCUT2D eigenvalue weighted by atomic mass is 10.2. The topological polar surface area (TPSA) is 88.1 Å². The maximum Gasteiger partial charge on any atom is 0.271 e. The number of aromatic amines is 1. The average Bonchev–Trinajstić information content (AvgIpc) is 3.25. The van der Waals surface area contributed by atoms with Crippen molar-refractivity contribution < 1.29 is 9.53 Å². The Balaban J connectivity index is 1.44. The third kappa shape index (κ3) is 3.86. The van der Waals surface area contributed by atoms with Gasteiger partial charge in [0.05, 0.1) is 24.6 Å². The Morgan fingerprint density at radius 2 is 2.11 bits per heavy atom. The molecule has 2 N–H and O–H groups in total. The normalized spacial score (nSPS) is 15.3. The summed E-state index contributed by atoms with van der Waals surface area (Å²) in [6, 6.07) is 5.92. The van der Waals surface area contributed by atoms with Gasteiger partial charge in [0.25, 0.3) is 5.91 Å². The molecule has 1 aliphatic rings. The molecule has 0 aliphatic carbocycles. The van der Waals surface area contributed by atoms with Crippen molar-refractivity contribution in [2.24, 2.45) is 7.05 Å². The molecule has 3 aromatic rings. The minimum atomic E-state index is -0.157. The summed E-state index contributed by atoms with van der Waals surface area (Å²) in [4.78, 5) is 22.4. The van der Waals surface area contributed by atoms with Gasteiger partial charge in [-0.15, -0.1) is 0 Å². The van der Waals surface area contributed by atoms with Crippen LogP contribution in [-0.4, -0.2) is 69.9 Å². The van der Waals surface area contributed by atoms with Gasteiger partial charge in [0.2, 0.25) is 0 Å². The molecule has 3 aromatic heterocycles. The van der Waals surface area contributed by atoms with E-state index in [1.807, 2.05) is 32.3 Å². The van der Waals surface area contributed by atoms with E-state index in [0.717, 1.165) is 60.8 Å². The highest BCUT2D eigenvalue weighted by atomic mass is 16.5. The van der Waals surface area contributed by atoms with Gasteiger partial charge in [-0.05, 0) is 30.7 Å². The Labute approximate surface area is 157 Å². The van der Waals surface area contributed by atoms with Gasteiger partial charge in [-0.1, -0.05) is 0 Å². The fourth-order valence-electron chi connectivity index (χ4n) is 3.34. The SMILES string of the molecule is Cc1cnc2[nH]c(-c3cc(C(=O)NCCN4CCOCC4)nn3C)cc2c1. The maximum atomic E-state index is 12.4. The Hall–Kier alpha value is -2.71. The first-order chi connectivity index (χ1) is 13.1. The van der Waals surface area contributed by atoms with Crippen molar-refractivity contribution in [3.05, 3.63) is 35.7 Å². The summed E-state index contributed by atoms with van der Waals surface area (Å²) in [6.07, 6.45) is 1.83. The van der Waals surface area contributed by atoms with Crippen molar-refractivity contribution in [1.82, 2.24) is 30.0 Å². The molecule has 1 fully saturated rings. The number of carbonyl (C=O) groups excluding carboxylic acids is 1. The minimum absolute atomic E-state index is 0.157. The standard InChI is InChI=1S/C19H24N6O2/c1-13-9-14-10-15(22-18(14)21-12-13)17-11-16(23-24(17)2)19(26)20-3-4-25-5-7-27-8-6-25/h9-12H,3-8H2,1-2H3,(H,20,26)(H,21,22). The number of fused-ring (bicyclic) bond motifs is 1. The summed E-state index contributed by atoms with van der Waals surface area (Å²) < 4.78 is 7.05. The zero-order valence-electron chi connectivity index (χ0n) is 15.7. The van der Waals surface area contributed by atoms with Crippen LogP contribution in [0.1, 0.15) is 16.1 Å². The summed E-state index contributed by atoms with van der Waals surface area (Å²) in [5.74, 6) is -0.157. The van der Waals surface area contributed by atoms with E-state index in [2.05, 4.69) is 31.3 Å². The predicted octanol–water partition coefficient (Wildman–Crippen LogP) is 1.33. The van der Waals surface area contributed by atoms with Gasteiger partial charge in [0.15, 0.2) is 5.69 Å². The van der Waals surface area contributed by atoms with Crippen LogP contribution in [-0.2, 0) is 11.8 Å². The molecule has 0 spiro atoms. The van der Waals surface area contributed by atoms with Crippen LogP contribution in [0.5, 0.6) is 0 Å². The Bertz CT molecular complexity index is 954. The van der Waals surface area contributed by atoms with Crippen LogP contribution in [0.4, 0.5) is 0 Å². The van der Waals surface area contributed by atoms with Crippen LogP contribution in [0.2, 0.25) is 0 Å². The number of H-pyrrole nitrogens is 1. The first-order valence-electron chi connectivity index (χ1n) is 9.18. The number of ether oxygens (including phenoxy) is 1. The lowest BCUT2D eigenvalue weighted by molar-refractivity contribution is 0.0383. The first kappa shape index (κ1) is 17.7. The molecule has 27 heavy (non-hydrogen) atoms. The van der Waals surface area contributed by atoms with Crippen molar-refractivity contribution >= 4 is 16.9 Å². The fourth-order valence-corrected chi connectivity index (χ4v) is 3.34. The van der Waals surface area contributed by atoms with Crippen molar-refractivity contribution in [2.45, 2.75) is 6.92 Å². The molecule has 1 amide bonds. The average molecular weight is 368 g/mol. The predicted molar refractivity (Wildman–Crippen MR) is 103 cm³/mol. The Morgan fingerprint density at radius 3 is 2.93 bits per heavy atom. The summed E-state index contributed by atoms with van der Waals surface area (Å²) in [6.45, 7) is 6.78. The van der Waals surface area contributed by atoms with Crippen LogP contribution in [0, 0.1) is 6.92 Å². The Kier molecular flexibility index (Phi) is 4.91. The van der Waals surface area contributed by atoms with Gasteiger partial charge in [-0.25, -0.2) is 4.98 Å². The molecule has 142 valence electrons. The van der Waals surface area contributed by atoms with Gasteiger partial charge in [0.1, 0.15) is 5.65 Å². The number of rotatable bonds is 5. The molecule has 4 rings (SSSR count). The summed E-state index contributed by atoms with van der Waals surface area (Å²) in [7, 11) is 1.84. The highest BCUT2D eigenvalue weighted by Gasteiger charge is 2.16. The number of carbonyl (C=O) groups is 1. The lowest BCUT2D eigenvalue weighted by Gasteiger charge is -2.26. The molecule has 0 saturated carbocycles. The van der Waals surface area contributed by atoms with Crippen LogP contribution >= 0.6 is 0 Å². The smallest absolute Gasteiger partial charge is 0.271 e. The highest BCUT2D eigenvalue weighted by molar-refractivity contribution is 5.93. The molecular formula is C19H24N6O2. The minimum Gasteiger partial charge on any atom is -0.379 e. The van der Waals surface area contributed by atoms with Gasteiger partial charge >= 0.3 is 0 Å². The summed E-state index contributed by atoms with van der Waals surface area (Å²) in [5, 5.41) is 8.37. The molecule has 0 unspecified atom stereocenters. The molecular weight excluding hydrogens is 344 g/mol. The number of aromatic nitrogens is 4. The van der Waals surface area contributed by atoms with Crippen molar-refractivity contribution in [3.63, 3.8) is 0 Å². The maximum absolute atomic E-state index is 12.4. The number of amides is 1. The van der Waals surface area contributed by atoms with Crippen molar-refractivity contribution in [3.8, 4) is 11.4 Å². The van der Waals surface area contributed by atoms with E-state index >= 15 is 0 Å². The molecule has 0 atom stereocenters. The molecule has 1 saturated heterocycles. The zero-order chi connectivity index (χ0) is 18.8. The summed E-state index contributed by atoms with van der Waals surface area (Å²) >= 11 is 0. The fraction of sp³-hybridized carbons (Fsp3) is 0.421. The third-order valence-electron chi connectivity index (χ3n) is 4.81. The zero-order valence-corrected chi connectivity index (χ0v) is 15.7. The third-order valence-corrected chi connectivity index (χ3v) is 4.81.